The highest BCUT2D eigenvalue weighted by Gasteiger charge is 2.38. The average Bonchev–Trinajstić information content (AvgIpc) is 1.80. The Hall–Kier alpha value is -9.47. The van der Waals surface area contributed by atoms with Crippen molar-refractivity contribution < 1.29 is 0 Å². The van der Waals surface area contributed by atoms with E-state index in [1.807, 2.05) is 0 Å². The monoisotopic (exact) mass is 1130 g/mol. The second kappa shape index (κ2) is 18.8. The molecular weight excluding hydrogens is 1080 g/mol. The van der Waals surface area contributed by atoms with Gasteiger partial charge in [-0.2, -0.15) is 0 Å². The predicted molar refractivity (Wildman–Crippen MR) is 350 cm³/mol. The molecule has 2 atom stereocenters. The van der Waals surface area contributed by atoms with E-state index in [2.05, 4.69) is 290 Å². The van der Waals surface area contributed by atoms with Crippen LogP contribution >= 0.6 is 0 Å². The summed E-state index contributed by atoms with van der Waals surface area (Å²) < 4.78 is 35.4. The van der Waals surface area contributed by atoms with Crippen LogP contribution in [0.1, 0.15) is 11.5 Å². The summed E-state index contributed by atoms with van der Waals surface area (Å²) in [7, 11) is -7.26. The van der Waals surface area contributed by atoms with Crippen molar-refractivity contribution in [3.8, 4) is 50.2 Å². The maximum Gasteiger partial charge on any atom is 0.298 e. The summed E-state index contributed by atoms with van der Waals surface area (Å²) in [4.78, 5) is 4.85. The van der Waals surface area contributed by atoms with Gasteiger partial charge in [0, 0.05) is 44.9 Å². The second-order valence-electron chi connectivity index (χ2n) is 24.1. The van der Waals surface area contributed by atoms with Crippen LogP contribution in [0.25, 0.3) is 72.0 Å². The van der Waals surface area contributed by atoms with Crippen molar-refractivity contribution in [2.45, 2.75) is 51.2 Å². The maximum absolute atomic E-state index is 5.62. The summed E-state index contributed by atoms with van der Waals surface area (Å²) in [5.41, 5.74) is 19.2. The highest BCUT2D eigenvalue weighted by molar-refractivity contribution is 6.75. The number of benzene rings is 10. The molecule has 0 fully saturated rings. The van der Waals surface area contributed by atoms with Gasteiger partial charge in [-0.05, 0) is 151 Å². The Bertz CT molecular complexity index is 5070. The summed E-state index contributed by atoms with van der Waals surface area (Å²) in [6.45, 7) is 13.3. The molecule has 11 aromatic rings. The average molecular weight is 1130 g/mol. The lowest BCUT2D eigenvalue weighted by molar-refractivity contribution is 0.745. The molecule has 16 rings (SSSR count). The fraction of sp³-hybridized carbons (Fsp3) is 0.111. The van der Waals surface area contributed by atoms with Crippen LogP contribution in [0, 0.1) is 0 Å². The molecule has 0 amide bonds. The number of anilines is 5. The zero-order valence-corrected chi connectivity index (χ0v) is 50.7. The van der Waals surface area contributed by atoms with Gasteiger partial charge in [0.05, 0.1) is 66.3 Å². The van der Waals surface area contributed by atoms with Crippen molar-refractivity contribution in [2.75, 3.05) is 9.80 Å². The molecule has 4 aliphatic heterocycles. The van der Waals surface area contributed by atoms with Crippen molar-refractivity contribution in [3.63, 3.8) is 0 Å². The van der Waals surface area contributed by atoms with Crippen LogP contribution in [0.3, 0.4) is 0 Å². The molecule has 12 heteroatoms. The number of hydrogen-bond donors (Lipinski definition) is 0. The van der Waals surface area contributed by atoms with Crippen molar-refractivity contribution in [1.29, 1.82) is 0 Å². The number of hydrogen-bond acceptors (Lipinski definition) is 8. The van der Waals surface area contributed by atoms with Crippen molar-refractivity contribution in [1.82, 2.24) is 4.57 Å². The summed E-state index contributed by atoms with van der Waals surface area (Å²) in [6, 6.07) is 77.6. The summed E-state index contributed by atoms with van der Waals surface area (Å²) in [5, 5.41) is 7.93. The second-order valence-corrected chi connectivity index (χ2v) is 34.4. The Morgan fingerprint density at radius 1 is 0.369 bits per heavy atom. The van der Waals surface area contributed by atoms with E-state index in [0.717, 1.165) is 82.7 Å². The zero-order valence-electron chi connectivity index (χ0n) is 47.7. The summed E-state index contributed by atoms with van der Waals surface area (Å²) >= 11 is 0. The predicted octanol–water partition coefficient (Wildman–Crippen LogP) is 14.5. The Morgan fingerprint density at radius 2 is 0.869 bits per heavy atom. The molecular formula is C72H59N9Si3. The van der Waals surface area contributed by atoms with E-state index in [1.165, 1.54) is 55.4 Å². The van der Waals surface area contributed by atoms with Gasteiger partial charge in [0.25, 0.3) is 25.2 Å². The van der Waals surface area contributed by atoms with Crippen LogP contribution in [0.2, 0.25) is 39.3 Å². The minimum atomic E-state index is -2.48. The standard InChI is InChI=1S/C72H59N9Si3/c1-82(2)73-60-24-17-27-64(70(60)76-82)81(65-42-39-54(68-71(65)77-83(3,4)74-68)48-32-28-46(29-33-48)50-37-41-63-59(44-50)57-23-14-16-26-62(57)79(63)52-18-9-7-10-19-52)66-43-40-55(69-72(66)78-84(5,6)75-69)49-34-30-47(31-35-49)51-36-38-58-56-22-13-15-25-61(56)80(67(58)45-51)53-20-11-8-12-21-53/h7-45,56,61H,1-6H3. The molecule has 0 bridgehead atoms. The molecule has 1 aliphatic carbocycles. The number of fused-ring (bicyclic) bond motifs is 9. The molecule has 0 saturated heterocycles. The smallest absolute Gasteiger partial charge is 0.298 e. The van der Waals surface area contributed by atoms with Gasteiger partial charge in [-0.25, -0.2) is 0 Å². The van der Waals surface area contributed by atoms with Gasteiger partial charge in [-0.1, -0.05) is 164 Å². The molecule has 1 aromatic heterocycles. The van der Waals surface area contributed by atoms with E-state index in [-0.39, 0.29) is 6.04 Å². The quantitative estimate of drug-likeness (QED) is 0.135. The molecule has 0 spiro atoms. The summed E-state index contributed by atoms with van der Waals surface area (Å²) in [5.74, 6) is 0.309. The maximum atomic E-state index is 5.62. The first-order valence-electron chi connectivity index (χ1n) is 29.1. The molecule has 404 valence electrons. The first-order valence-corrected chi connectivity index (χ1v) is 37.8. The van der Waals surface area contributed by atoms with Gasteiger partial charge in [0.2, 0.25) is 0 Å². The number of aromatic nitrogens is 1. The fourth-order valence-electron chi connectivity index (χ4n) is 13.5. The molecule has 0 radical (unpaired) electrons. The molecule has 2 unspecified atom stereocenters. The molecule has 5 heterocycles. The van der Waals surface area contributed by atoms with E-state index >= 15 is 0 Å². The number of allylic oxidation sites excluding steroid dienone is 2. The van der Waals surface area contributed by atoms with Gasteiger partial charge >= 0.3 is 0 Å². The third-order valence-electron chi connectivity index (χ3n) is 17.1. The topological polar surface area (TPSA) is 85.6 Å². The molecule has 10 aromatic carbocycles. The Kier molecular flexibility index (Phi) is 11.2. The minimum Gasteiger partial charge on any atom is -0.333 e. The van der Waals surface area contributed by atoms with Crippen molar-refractivity contribution >= 4 is 75.4 Å². The Labute approximate surface area is 490 Å². The number of para-hydroxylation sites is 3. The van der Waals surface area contributed by atoms with Crippen LogP contribution < -0.4 is 41.9 Å². The Morgan fingerprint density at radius 3 is 1.52 bits per heavy atom. The molecule has 5 aliphatic rings. The third kappa shape index (κ3) is 8.22. The van der Waals surface area contributed by atoms with Gasteiger partial charge in [0.1, 0.15) is 0 Å². The van der Waals surface area contributed by atoms with E-state index in [1.54, 1.807) is 0 Å². The van der Waals surface area contributed by atoms with Crippen molar-refractivity contribution in [2.24, 2.45) is 27.9 Å². The molecule has 0 N–H and O–H groups in total. The third-order valence-corrected chi connectivity index (χ3v) is 21.8. The summed E-state index contributed by atoms with van der Waals surface area (Å²) in [6.07, 6.45) is 9.04. The van der Waals surface area contributed by atoms with Crippen LogP contribution in [0.15, 0.2) is 265 Å². The van der Waals surface area contributed by atoms with E-state index in [9.17, 15) is 0 Å². The lowest BCUT2D eigenvalue weighted by atomic mass is 9.90. The van der Waals surface area contributed by atoms with Gasteiger partial charge in [0.15, 0.2) is 0 Å². The molecule has 84 heavy (non-hydrogen) atoms. The van der Waals surface area contributed by atoms with E-state index in [0.29, 0.717) is 5.92 Å². The number of rotatable bonds is 9. The highest BCUT2D eigenvalue weighted by atomic mass is 28.4. The van der Waals surface area contributed by atoms with Gasteiger partial charge in [-0.15, -0.1) is 0 Å². The first-order chi connectivity index (χ1) is 40.8. The van der Waals surface area contributed by atoms with E-state index < -0.39 is 25.2 Å². The first kappa shape index (κ1) is 50.3. The minimum absolute atomic E-state index is 0.242. The van der Waals surface area contributed by atoms with Crippen LogP contribution in [-0.4, -0.2) is 35.8 Å². The lowest BCUT2D eigenvalue weighted by Crippen LogP contribution is -2.38. The van der Waals surface area contributed by atoms with Gasteiger partial charge < -0.3 is 14.4 Å². The van der Waals surface area contributed by atoms with Gasteiger partial charge in [-0.3, -0.25) is 27.9 Å². The Balaban J connectivity index is 0.794. The van der Waals surface area contributed by atoms with E-state index in [4.69, 9.17) is 27.9 Å². The SMILES string of the molecule is C[Si]1(C)N=c2cccc(N(c3ccc(-c4ccc(-c5ccc6c(c5)N(c5ccccc5)C5C=CC=CC65)cc4)c4c3=N[Si](C)(C)N=4)c3ccc(-c4ccc(-c5ccc6c(c5)c5ccccc5n6-c5ccccc5)cc4)c4c3=N[Si](C)(C)N=4)c2=N1. The number of nitrogens with zero attached hydrogens (tertiary/aromatic N) is 9. The van der Waals surface area contributed by atoms with Crippen LogP contribution in [0.4, 0.5) is 28.4 Å². The largest absolute Gasteiger partial charge is 0.333 e. The fourth-order valence-corrected chi connectivity index (χ4v) is 18.3. The highest BCUT2D eigenvalue weighted by Crippen LogP contribution is 2.49. The lowest BCUT2D eigenvalue weighted by Gasteiger charge is -2.28. The van der Waals surface area contributed by atoms with Crippen molar-refractivity contribution in [3.05, 3.63) is 274 Å². The van der Waals surface area contributed by atoms with Crippen LogP contribution in [0.5, 0.6) is 0 Å². The molecule has 9 nitrogen and oxygen atoms in total. The molecule has 0 saturated carbocycles. The normalized spacial score (nSPS) is 17.7. The van der Waals surface area contributed by atoms with Crippen LogP contribution in [-0.2, 0) is 0 Å². The zero-order chi connectivity index (χ0) is 56.6.